The number of hydrogen-bond donors (Lipinski definition) is 0. The summed E-state index contributed by atoms with van der Waals surface area (Å²) in [4.78, 5) is 19.6. The quantitative estimate of drug-likeness (QED) is 0.434. The number of aromatic nitrogens is 3. The summed E-state index contributed by atoms with van der Waals surface area (Å²) in [5.41, 5.74) is 2.00. The average Bonchev–Trinajstić information content (AvgIpc) is 2.78. The normalized spacial score (nSPS) is 17.0. The summed E-state index contributed by atoms with van der Waals surface area (Å²) in [6.07, 6.45) is 6.21. The van der Waals surface area contributed by atoms with Crippen molar-refractivity contribution in [1.29, 1.82) is 0 Å². The van der Waals surface area contributed by atoms with Gasteiger partial charge in [-0.05, 0) is 53.8 Å². The highest BCUT2D eigenvalue weighted by molar-refractivity contribution is 6.38. The first-order chi connectivity index (χ1) is 15.5. The maximum absolute atomic E-state index is 6.89. The molecule has 0 N–H and O–H groups in total. The number of allylic oxidation sites excluding steroid dienone is 1. The van der Waals surface area contributed by atoms with E-state index in [2.05, 4.69) is 45.9 Å². The van der Waals surface area contributed by atoms with E-state index >= 15 is 0 Å². The minimum absolute atomic E-state index is 0.0127. The fourth-order valence-electron chi connectivity index (χ4n) is 4.08. The van der Waals surface area contributed by atoms with Crippen molar-refractivity contribution in [2.45, 2.75) is 19.9 Å². The van der Waals surface area contributed by atoms with E-state index in [9.17, 15) is 0 Å². The van der Waals surface area contributed by atoms with Crippen LogP contribution in [0.5, 0.6) is 5.75 Å². The summed E-state index contributed by atoms with van der Waals surface area (Å²) < 4.78 is 6.35. The van der Waals surface area contributed by atoms with Gasteiger partial charge in [-0.1, -0.05) is 55.8 Å². The van der Waals surface area contributed by atoms with Gasteiger partial charge >= 0.3 is 0 Å². The van der Waals surface area contributed by atoms with Crippen LogP contribution in [0.4, 0.5) is 5.69 Å². The van der Waals surface area contributed by atoms with Gasteiger partial charge in [-0.25, -0.2) is 4.99 Å². The van der Waals surface area contributed by atoms with Gasteiger partial charge in [0.2, 0.25) is 10.6 Å². The number of nitrogens with zero attached hydrogens (tertiary/aromatic N) is 5. The zero-order valence-corrected chi connectivity index (χ0v) is 19.6. The number of hydrogen-bond acceptors (Lipinski definition) is 6. The van der Waals surface area contributed by atoms with Gasteiger partial charge < -0.3 is 4.74 Å². The molecule has 162 valence electrons. The monoisotopic (exact) mass is 485 g/mol. The number of halogens is 3. The van der Waals surface area contributed by atoms with Crippen molar-refractivity contribution >= 4 is 57.0 Å². The molecule has 0 bridgehead atoms. The first-order valence-electron chi connectivity index (χ1n) is 10.2. The van der Waals surface area contributed by atoms with Crippen LogP contribution in [0.25, 0.3) is 22.2 Å². The zero-order chi connectivity index (χ0) is 22.4. The molecule has 1 aliphatic carbocycles. The van der Waals surface area contributed by atoms with Crippen molar-refractivity contribution in [2.24, 2.45) is 4.99 Å². The van der Waals surface area contributed by atoms with Gasteiger partial charge in [0, 0.05) is 10.9 Å². The Morgan fingerprint density at radius 3 is 2.34 bits per heavy atom. The predicted molar refractivity (Wildman–Crippen MR) is 129 cm³/mol. The van der Waals surface area contributed by atoms with Crippen LogP contribution in [0, 0.1) is 0 Å². The van der Waals surface area contributed by atoms with Gasteiger partial charge in [-0.3, -0.25) is 4.90 Å². The Morgan fingerprint density at radius 1 is 0.969 bits per heavy atom. The molecular formula is C23H18Cl3N5O. The predicted octanol–water partition coefficient (Wildman–Crippen LogP) is 6.28. The van der Waals surface area contributed by atoms with Gasteiger partial charge in [0.25, 0.3) is 0 Å². The third-order valence-electron chi connectivity index (χ3n) is 5.59. The van der Waals surface area contributed by atoms with Gasteiger partial charge in [0.1, 0.15) is 11.4 Å². The molecule has 5 rings (SSSR count). The van der Waals surface area contributed by atoms with Crippen molar-refractivity contribution in [3.63, 3.8) is 0 Å². The highest BCUT2D eigenvalue weighted by Gasteiger charge is 2.29. The van der Waals surface area contributed by atoms with Crippen molar-refractivity contribution in [2.75, 3.05) is 13.1 Å². The molecule has 1 aliphatic heterocycles. The van der Waals surface area contributed by atoms with Crippen LogP contribution < -0.4 is 4.74 Å². The summed E-state index contributed by atoms with van der Waals surface area (Å²) in [7, 11) is 0. The summed E-state index contributed by atoms with van der Waals surface area (Å²) >= 11 is 19.0. The molecule has 0 fully saturated rings. The Balaban J connectivity index is 1.73. The van der Waals surface area contributed by atoms with Crippen LogP contribution in [-0.4, -0.2) is 44.7 Å². The molecule has 32 heavy (non-hydrogen) atoms. The van der Waals surface area contributed by atoms with Gasteiger partial charge in [0.05, 0.1) is 11.1 Å². The second-order valence-corrected chi connectivity index (χ2v) is 8.36. The van der Waals surface area contributed by atoms with E-state index in [1.165, 1.54) is 0 Å². The molecule has 9 heteroatoms. The second-order valence-electron chi connectivity index (χ2n) is 7.31. The Kier molecular flexibility index (Phi) is 5.63. The maximum atomic E-state index is 6.89. The summed E-state index contributed by atoms with van der Waals surface area (Å²) in [5, 5.41) is 1.99. The van der Waals surface area contributed by atoms with Crippen molar-refractivity contribution in [3.05, 3.63) is 63.8 Å². The lowest BCUT2D eigenvalue weighted by molar-refractivity contribution is 0.283. The molecule has 2 aromatic carbocycles. The molecule has 2 aliphatic rings. The largest absolute Gasteiger partial charge is 0.451 e. The Bertz CT molecular complexity index is 1310. The zero-order valence-electron chi connectivity index (χ0n) is 17.3. The van der Waals surface area contributed by atoms with Gasteiger partial charge in [-0.15, -0.1) is 0 Å². The number of benzene rings is 2. The van der Waals surface area contributed by atoms with E-state index in [1.54, 1.807) is 0 Å². The molecule has 6 nitrogen and oxygen atoms in total. The van der Waals surface area contributed by atoms with Crippen LogP contribution >= 0.6 is 34.8 Å². The molecule has 1 aromatic heterocycles. The third kappa shape index (κ3) is 3.57. The van der Waals surface area contributed by atoms with E-state index < -0.39 is 0 Å². The van der Waals surface area contributed by atoms with Crippen LogP contribution in [0.2, 0.25) is 15.6 Å². The average molecular weight is 487 g/mol. The summed E-state index contributed by atoms with van der Waals surface area (Å²) in [5.74, 6) is 1.40. The van der Waals surface area contributed by atoms with E-state index in [1.807, 2.05) is 30.3 Å². The van der Waals surface area contributed by atoms with Crippen molar-refractivity contribution in [3.8, 4) is 17.1 Å². The lowest BCUT2D eigenvalue weighted by Gasteiger charge is -2.30. The fourth-order valence-corrected chi connectivity index (χ4v) is 4.75. The number of likely N-dealkylation sites (N-methyl/N-ethyl adjacent to an activating group) is 1. The molecule has 2 heterocycles. The third-order valence-corrected chi connectivity index (χ3v) is 6.29. The molecule has 0 saturated carbocycles. The van der Waals surface area contributed by atoms with Crippen LogP contribution in [0.3, 0.4) is 0 Å². The molecule has 1 atom stereocenters. The number of rotatable bonds is 4. The highest BCUT2D eigenvalue weighted by Crippen LogP contribution is 2.50. The summed E-state index contributed by atoms with van der Waals surface area (Å²) in [6.45, 7) is 6.12. The van der Waals surface area contributed by atoms with Crippen LogP contribution in [0.1, 0.15) is 13.8 Å². The fraction of sp³-hybridized carbons (Fsp3) is 0.217. The maximum Gasteiger partial charge on any atom is 0.227 e. The highest BCUT2D eigenvalue weighted by atomic mass is 35.5. The minimum Gasteiger partial charge on any atom is -0.451 e. The Labute approximate surface area is 200 Å². The van der Waals surface area contributed by atoms with E-state index in [-0.39, 0.29) is 22.4 Å². The molecule has 0 amide bonds. The number of aliphatic imine (C=N–C) groups is 1. The van der Waals surface area contributed by atoms with Crippen LogP contribution in [-0.2, 0) is 0 Å². The lowest BCUT2D eigenvalue weighted by atomic mass is 9.99. The Hall–Kier alpha value is -2.51. The molecule has 3 aromatic rings. The first kappa shape index (κ1) is 21.3. The summed E-state index contributed by atoms with van der Waals surface area (Å²) in [6, 6.07) is 7.87. The topological polar surface area (TPSA) is 63.5 Å². The van der Waals surface area contributed by atoms with E-state index in [0.717, 1.165) is 29.6 Å². The SMILES string of the molecule is CCN(CC)C1C=CC2=Nc3c(c(Cl)c(-c4nc(Cl)nc(Cl)n4)c4ccccc34)OC2=C1. The number of fused-ring (bicyclic) bond motifs is 4. The molecule has 1 unspecified atom stereocenters. The first-order valence-corrected chi connectivity index (χ1v) is 11.4. The Morgan fingerprint density at radius 2 is 1.66 bits per heavy atom. The number of ether oxygens (including phenoxy) is 1. The molecule has 0 saturated heterocycles. The molecular weight excluding hydrogens is 469 g/mol. The van der Waals surface area contributed by atoms with E-state index in [4.69, 9.17) is 44.5 Å². The molecule has 0 spiro atoms. The van der Waals surface area contributed by atoms with Gasteiger partial charge in [-0.2, -0.15) is 15.0 Å². The standard InChI is InChI=1S/C23H18Cl3N5O/c1-3-31(4-2)12-9-10-15-16(11-12)32-20-18(24)17(21-28-22(25)30-23(26)29-21)13-7-5-6-8-14(13)19(20)27-15/h5-12H,3-4H2,1-2H3. The lowest BCUT2D eigenvalue weighted by Crippen LogP contribution is -2.35. The van der Waals surface area contributed by atoms with Crippen molar-refractivity contribution < 1.29 is 4.74 Å². The van der Waals surface area contributed by atoms with E-state index in [0.29, 0.717) is 27.8 Å². The second kappa shape index (κ2) is 8.45. The van der Waals surface area contributed by atoms with Crippen molar-refractivity contribution in [1.82, 2.24) is 19.9 Å². The minimum atomic E-state index is -0.0127. The smallest absolute Gasteiger partial charge is 0.227 e. The van der Waals surface area contributed by atoms with Gasteiger partial charge in [0.15, 0.2) is 17.3 Å². The molecule has 0 radical (unpaired) electrons. The van der Waals surface area contributed by atoms with Crippen LogP contribution in [0.15, 0.2) is 53.2 Å².